The van der Waals surface area contributed by atoms with E-state index in [-0.39, 0.29) is 10.5 Å². The molecule has 4 heteroatoms. The second kappa shape index (κ2) is 7.77. The standard InChI is InChI=1S/C20H22N2S2/c1-24(2)11-5-10-21-20(23)22-19-9-8-17-12-15-6-3-4-7-16(15)13-18(17)14-19/h3-4,6-9,12-14H,1,5,10-11H2,2H3,(H2,21,22,23). The molecule has 0 saturated heterocycles. The average Bonchev–Trinajstić information content (AvgIpc) is 2.56. The molecule has 2 N–H and O–H groups in total. The summed E-state index contributed by atoms with van der Waals surface area (Å²) in [7, 11) is 0.251. The fourth-order valence-electron chi connectivity index (χ4n) is 2.71. The molecule has 0 aliphatic carbocycles. The molecule has 0 heterocycles. The zero-order valence-electron chi connectivity index (χ0n) is 13.8. The van der Waals surface area contributed by atoms with Gasteiger partial charge in [0.05, 0.1) is 0 Å². The first-order valence-corrected chi connectivity index (χ1v) is 10.4. The van der Waals surface area contributed by atoms with Crippen molar-refractivity contribution in [1.82, 2.24) is 5.32 Å². The highest BCUT2D eigenvalue weighted by Crippen LogP contribution is 2.25. The zero-order valence-corrected chi connectivity index (χ0v) is 15.5. The summed E-state index contributed by atoms with van der Waals surface area (Å²) >= 11 is 5.38. The van der Waals surface area contributed by atoms with Gasteiger partial charge < -0.3 is 10.6 Å². The Balaban J connectivity index is 1.69. The topological polar surface area (TPSA) is 24.1 Å². The van der Waals surface area contributed by atoms with Gasteiger partial charge in [-0.15, -0.1) is 0 Å². The van der Waals surface area contributed by atoms with Crippen LogP contribution in [0, 0.1) is 0 Å². The van der Waals surface area contributed by atoms with Gasteiger partial charge >= 0.3 is 0 Å². The van der Waals surface area contributed by atoms with Gasteiger partial charge in [-0.25, -0.2) is 0 Å². The molecule has 0 radical (unpaired) electrons. The number of fused-ring (bicyclic) bond motifs is 2. The van der Waals surface area contributed by atoms with E-state index in [1.807, 2.05) is 0 Å². The number of hydrogen-bond acceptors (Lipinski definition) is 1. The zero-order chi connectivity index (χ0) is 16.9. The Morgan fingerprint density at radius 3 is 2.38 bits per heavy atom. The largest absolute Gasteiger partial charge is 0.362 e. The molecule has 0 aromatic heterocycles. The maximum atomic E-state index is 5.38. The molecule has 0 fully saturated rings. The fraction of sp³-hybridized carbons (Fsp3) is 0.200. The number of anilines is 1. The van der Waals surface area contributed by atoms with E-state index in [0.29, 0.717) is 5.11 Å². The number of benzene rings is 3. The van der Waals surface area contributed by atoms with E-state index in [2.05, 4.69) is 77.4 Å². The maximum Gasteiger partial charge on any atom is 0.170 e. The van der Waals surface area contributed by atoms with Crippen molar-refractivity contribution in [3.8, 4) is 0 Å². The molecule has 1 atom stereocenters. The predicted molar refractivity (Wildman–Crippen MR) is 116 cm³/mol. The molecule has 0 aliphatic rings. The highest BCUT2D eigenvalue weighted by atomic mass is 32.2. The van der Waals surface area contributed by atoms with Gasteiger partial charge in [-0.3, -0.25) is 0 Å². The SMILES string of the molecule is C=S(C)CCCNC(=S)Nc1ccc2cc3ccccc3cc2c1. The Bertz CT molecular complexity index is 902. The Labute approximate surface area is 151 Å². The fourth-order valence-corrected chi connectivity index (χ4v) is 3.57. The van der Waals surface area contributed by atoms with Crippen molar-refractivity contribution in [1.29, 1.82) is 0 Å². The summed E-state index contributed by atoms with van der Waals surface area (Å²) in [6.07, 6.45) is 3.25. The molecule has 0 bridgehead atoms. The summed E-state index contributed by atoms with van der Waals surface area (Å²) in [5.41, 5.74) is 1.02. The third kappa shape index (κ3) is 4.34. The monoisotopic (exact) mass is 354 g/mol. The lowest BCUT2D eigenvalue weighted by molar-refractivity contribution is 0.855. The van der Waals surface area contributed by atoms with Gasteiger partial charge in [0.1, 0.15) is 0 Å². The van der Waals surface area contributed by atoms with Gasteiger partial charge in [0.2, 0.25) is 0 Å². The van der Waals surface area contributed by atoms with E-state index < -0.39 is 0 Å². The van der Waals surface area contributed by atoms with Crippen LogP contribution in [0.1, 0.15) is 6.42 Å². The molecule has 1 unspecified atom stereocenters. The first-order chi connectivity index (χ1) is 11.6. The van der Waals surface area contributed by atoms with Crippen molar-refractivity contribution in [3.05, 3.63) is 54.6 Å². The Morgan fingerprint density at radius 2 is 1.67 bits per heavy atom. The van der Waals surface area contributed by atoms with Crippen LogP contribution in [0.25, 0.3) is 21.5 Å². The molecule has 2 nitrogen and oxygen atoms in total. The lowest BCUT2D eigenvalue weighted by atomic mass is 10.0. The highest BCUT2D eigenvalue weighted by molar-refractivity contribution is 8.13. The van der Waals surface area contributed by atoms with Crippen LogP contribution in [0.3, 0.4) is 0 Å². The summed E-state index contributed by atoms with van der Waals surface area (Å²) in [5.74, 6) is 5.16. The molecule has 124 valence electrons. The highest BCUT2D eigenvalue weighted by Gasteiger charge is 2.01. The second-order valence-electron chi connectivity index (χ2n) is 5.98. The summed E-state index contributed by atoms with van der Waals surface area (Å²) < 4.78 is 0. The van der Waals surface area contributed by atoms with Crippen molar-refractivity contribution in [3.63, 3.8) is 0 Å². The van der Waals surface area contributed by atoms with E-state index in [9.17, 15) is 0 Å². The van der Waals surface area contributed by atoms with Gasteiger partial charge in [0.25, 0.3) is 0 Å². The van der Waals surface area contributed by atoms with E-state index in [1.54, 1.807) is 0 Å². The van der Waals surface area contributed by atoms with E-state index >= 15 is 0 Å². The van der Waals surface area contributed by atoms with Crippen LogP contribution in [0.2, 0.25) is 0 Å². The Morgan fingerprint density at radius 1 is 1.00 bits per heavy atom. The second-order valence-corrected chi connectivity index (χ2v) is 8.36. The number of rotatable bonds is 5. The smallest absolute Gasteiger partial charge is 0.170 e. The van der Waals surface area contributed by atoms with Gasteiger partial charge in [0, 0.05) is 12.2 Å². The number of nitrogens with one attached hydrogen (secondary N) is 2. The third-order valence-corrected chi connectivity index (χ3v) is 5.15. The minimum Gasteiger partial charge on any atom is -0.362 e. The lowest BCUT2D eigenvalue weighted by Gasteiger charge is -2.11. The minimum absolute atomic E-state index is 0.251. The summed E-state index contributed by atoms with van der Waals surface area (Å²) in [5, 5.41) is 12.2. The maximum absolute atomic E-state index is 5.38. The van der Waals surface area contributed by atoms with Crippen LogP contribution < -0.4 is 10.6 Å². The molecule has 24 heavy (non-hydrogen) atoms. The Hall–Kier alpha value is -1.91. The summed E-state index contributed by atoms with van der Waals surface area (Å²) in [4.78, 5) is 0. The van der Waals surface area contributed by atoms with Gasteiger partial charge in [0.15, 0.2) is 5.11 Å². The van der Waals surface area contributed by atoms with E-state index in [0.717, 1.165) is 24.4 Å². The normalized spacial score (nSPS) is 12.2. The molecule has 3 aromatic carbocycles. The lowest BCUT2D eigenvalue weighted by Crippen LogP contribution is -2.29. The first-order valence-electron chi connectivity index (χ1n) is 8.01. The van der Waals surface area contributed by atoms with Crippen LogP contribution in [-0.4, -0.2) is 29.5 Å². The molecule has 0 amide bonds. The predicted octanol–water partition coefficient (Wildman–Crippen LogP) is 5.00. The van der Waals surface area contributed by atoms with Crippen molar-refractivity contribution >= 4 is 60.9 Å². The molecule has 3 rings (SSSR count). The van der Waals surface area contributed by atoms with E-state index in [4.69, 9.17) is 12.2 Å². The van der Waals surface area contributed by atoms with Crippen LogP contribution >= 0.6 is 22.7 Å². The van der Waals surface area contributed by atoms with Crippen molar-refractivity contribution in [2.75, 3.05) is 23.9 Å². The van der Waals surface area contributed by atoms with Crippen LogP contribution in [0.5, 0.6) is 0 Å². The number of hydrogen-bond donors (Lipinski definition) is 2. The average molecular weight is 355 g/mol. The minimum atomic E-state index is 0.251. The van der Waals surface area contributed by atoms with Crippen molar-refractivity contribution in [2.45, 2.75) is 6.42 Å². The summed E-state index contributed by atoms with van der Waals surface area (Å²) in [6.45, 7) is 0.886. The van der Waals surface area contributed by atoms with Gasteiger partial charge in [-0.05, 0) is 76.5 Å². The molecular weight excluding hydrogens is 332 g/mol. The molecule has 0 spiro atoms. The summed E-state index contributed by atoms with van der Waals surface area (Å²) in [6, 6.07) is 19.2. The van der Waals surface area contributed by atoms with Crippen LogP contribution in [0.4, 0.5) is 5.69 Å². The molecule has 0 saturated carbocycles. The van der Waals surface area contributed by atoms with E-state index in [1.165, 1.54) is 21.5 Å². The molecule has 0 aliphatic heterocycles. The van der Waals surface area contributed by atoms with Gasteiger partial charge in [-0.1, -0.05) is 36.2 Å². The van der Waals surface area contributed by atoms with Crippen LogP contribution in [0.15, 0.2) is 54.6 Å². The third-order valence-electron chi connectivity index (χ3n) is 3.92. The van der Waals surface area contributed by atoms with Crippen molar-refractivity contribution < 1.29 is 0 Å². The molecular formula is C20H22N2S2. The first kappa shape index (κ1) is 16.9. The van der Waals surface area contributed by atoms with Crippen molar-refractivity contribution in [2.24, 2.45) is 0 Å². The van der Waals surface area contributed by atoms with Gasteiger partial charge in [-0.2, -0.15) is 10.5 Å². The quantitative estimate of drug-likeness (QED) is 0.383. The number of thiocarbonyl (C=S) groups is 1. The van der Waals surface area contributed by atoms with Crippen LogP contribution in [-0.2, 0) is 0 Å². The molecule has 3 aromatic rings. The Kier molecular flexibility index (Phi) is 5.48.